The van der Waals surface area contributed by atoms with Gasteiger partial charge in [-0.15, -0.1) is 21.5 Å². The summed E-state index contributed by atoms with van der Waals surface area (Å²) >= 11 is 1.85. The maximum absolute atomic E-state index is 6.35. The van der Waals surface area contributed by atoms with Gasteiger partial charge in [0, 0.05) is 23.3 Å². The van der Waals surface area contributed by atoms with Gasteiger partial charge in [-0.2, -0.15) is 4.80 Å². The molecule has 0 amide bonds. The fourth-order valence-corrected chi connectivity index (χ4v) is 3.72. The molecular formula is C12H17N5S. The third-order valence-electron chi connectivity index (χ3n) is 3.58. The Morgan fingerprint density at radius 3 is 3.28 bits per heavy atom. The van der Waals surface area contributed by atoms with Crippen LogP contribution in [0.5, 0.6) is 0 Å². The SMILES string of the molecule is Cn1nnc(CC(N)C2CCCc3sccc32)n1. The van der Waals surface area contributed by atoms with E-state index < -0.39 is 0 Å². The van der Waals surface area contributed by atoms with Gasteiger partial charge in [-0.1, -0.05) is 0 Å². The summed E-state index contributed by atoms with van der Waals surface area (Å²) in [6.07, 6.45) is 4.32. The number of aryl methyl sites for hydroxylation is 2. The van der Waals surface area contributed by atoms with Gasteiger partial charge in [0.2, 0.25) is 0 Å². The topological polar surface area (TPSA) is 69.6 Å². The first kappa shape index (κ1) is 11.8. The number of aromatic nitrogens is 4. The van der Waals surface area contributed by atoms with Crippen molar-refractivity contribution in [1.29, 1.82) is 0 Å². The predicted octanol–water partition coefficient (Wildman–Crippen LogP) is 1.26. The number of tetrazole rings is 1. The highest BCUT2D eigenvalue weighted by Gasteiger charge is 2.27. The normalized spacial score (nSPS) is 20.7. The fraction of sp³-hybridized carbons (Fsp3) is 0.583. The van der Waals surface area contributed by atoms with Gasteiger partial charge < -0.3 is 5.73 Å². The molecule has 1 aliphatic carbocycles. The van der Waals surface area contributed by atoms with E-state index in [-0.39, 0.29) is 6.04 Å². The summed E-state index contributed by atoms with van der Waals surface area (Å²) in [7, 11) is 1.78. The van der Waals surface area contributed by atoms with E-state index in [1.54, 1.807) is 7.05 Å². The summed E-state index contributed by atoms with van der Waals surface area (Å²) < 4.78 is 0. The zero-order valence-corrected chi connectivity index (χ0v) is 11.2. The zero-order valence-electron chi connectivity index (χ0n) is 10.4. The van der Waals surface area contributed by atoms with Gasteiger partial charge in [-0.25, -0.2) is 0 Å². The van der Waals surface area contributed by atoms with Crippen LogP contribution in [0.15, 0.2) is 11.4 Å². The van der Waals surface area contributed by atoms with Gasteiger partial charge >= 0.3 is 0 Å². The number of fused-ring (bicyclic) bond motifs is 1. The summed E-state index contributed by atoms with van der Waals surface area (Å²) in [6, 6.07) is 2.32. The summed E-state index contributed by atoms with van der Waals surface area (Å²) in [4.78, 5) is 2.99. The lowest BCUT2D eigenvalue weighted by Gasteiger charge is -2.27. The fourth-order valence-electron chi connectivity index (χ4n) is 2.72. The molecule has 6 heteroatoms. The Balaban J connectivity index is 1.76. The second-order valence-corrected chi connectivity index (χ2v) is 5.86. The van der Waals surface area contributed by atoms with E-state index in [1.807, 2.05) is 11.3 Å². The molecule has 1 aliphatic rings. The molecule has 2 aromatic rings. The Morgan fingerprint density at radius 1 is 1.61 bits per heavy atom. The van der Waals surface area contributed by atoms with Crippen LogP contribution >= 0.6 is 11.3 Å². The van der Waals surface area contributed by atoms with Crippen molar-refractivity contribution in [3.05, 3.63) is 27.7 Å². The van der Waals surface area contributed by atoms with Crippen LogP contribution in [0.1, 0.15) is 35.0 Å². The van der Waals surface area contributed by atoms with Crippen LogP contribution in [0.4, 0.5) is 0 Å². The number of thiophene rings is 1. The first-order valence-electron chi connectivity index (χ1n) is 6.29. The molecule has 0 aliphatic heterocycles. The molecule has 2 heterocycles. The molecule has 0 aromatic carbocycles. The lowest BCUT2D eigenvalue weighted by Crippen LogP contribution is -2.32. The zero-order chi connectivity index (χ0) is 12.5. The molecule has 0 spiro atoms. The van der Waals surface area contributed by atoms with Crippen molar-refractivity contribution in [2.75, 3.05) is 0 Å². The Labute approximate surface area is 110 Å². The second kappa shape index (κ2) is 4.78. The highest BCUT2D eigenvalue weighted by atomic mass is 32.1. The lowest BCUT2D eigenvalue weighted by atomic mass is 9.81. The molecule has 18 heavy (non-hydrogen) atoms. The van der Waals surface area contributed by atoms with Crippen LogP contribution < -0.4 is 5.73 Å². The molecule has 0 saturated heterocycles. The van der Waals surface area contributed by atoms with Gasteiger partial charge in [-0.3, -0.25) is 0 Å². The third kappa shape index (κ3) is 2.18. The standard InChI is InChI=1S/C12H17N5S/c1-17-15-12(14-16-17)7-10(13)8-3-2-4-11-9(8)5-6-18-11/h5-6,8,10H,2-4,7,13H2,1H3. The molecule has 2 aromatic heterocycles. The van der Waals surface area contributed by atoms with Gasteiger partial charge in [0.1, 0.15) is 0 Å². The number of hydrogen-bond donors (Lipinski definition) is 1. The van der Waals surface area contributed by atoms with Crippen molar-refractivity contribution in [2.45, 2.75) is 37.6 Å². The molecule has 3 rings (SSSR count). The van der Waals surface area contributed by atoms with Crippen molar-refractivity contribution >= 4 is 11.3 Å². The van der Waals surface area contributed by atoms with E-state index in [2.05, 4.69) is 26.9 Å². The molecule has 2 N–H and O–H groups in total. The van der Waals surface area contributed by atoms with Crippen LogP contribution in [0.3, 0.4) is 0 Å². The smallest absolute Gasteiger partial charge is 0.176 e. The van der Waals surface area contributed by atoms with Crippen LogP contribution in [-0.4, -0.2) is 26.2 Å². The maximum Gasteiger partial charge on any atom is 0.176 e. The van der Waals surface area contributed by atoms with E-state index in [0.717, 1.165) is 5.82 Å². The summed E-state index contributed by atoms with van der Waals surface area (Å²) in [5.74, 6) is 1.19. The molecule has 0 saturated carbocycles. The minimum atomic E-state index is 0.0860. The van der Waals surface area contributed by atoms with Crippen molar-refractivity contribution < 1.29 is 0 Å². The average molecular weight is 263 g/mol. The Morgan fingerprint density at radius 2 is 2.50 bits per heavy atom. The first-order valence-corrected chi connectivity index (χ1v) is 7.16. The first-order chi connectivity index (χ1) is 8.74. The maximum atomic E-state index is 6.35. The summed E-state index contributed by atoms with van der Waals surface area (Å²) in [5.41, 5.74) is 7.80. The van der Waals surface area contributed by atoms with Crippen molar-refractivity contribution in [2.24, 2.45) is 12.8 Å². The quantitative estimate of drug-likeness (QED) is 0.905. The second-order valence-electron chi connectivity index (χ2n) is 4.86. The van der Waals surface area contributed by atoms with Crippen LogP contribution in [0.25, 0.3) is 0 Å². The van der Waals surface area contributed by atoms with Gasteiger partial charge in [-0.05, 0) is 41.5 Å². The van der Waals surface area contributed by atoms with E-state index >= 15 is 0 Å². The monoisotopic (exact) mass is 263 g/mol. The minimum Gasteiger partial charge on any atom is -0.327 e. The summed E-state index contributed by atoms with van der Waals surface area (Å²) in [6.45, 7) is 0. The molecule has 0 fully saturated rings. The predicted molar refractivity (Wildman–Crippen MR) is 70.5 cm³/mol. The van der Waals surface area contributed by atoms with Crippen LogP contribution in [0, 0.1) is 0 Å². The van der Waals surface area contributed by atoms with Crippen LogP contribution in [0.2, 0.25) is 0 Å². The van der Waals surface area contributed by atoms with E-state index in [0.29, 0.717) is 12.3 Å². The Kier molecular flexibility index (Phi) is 3.13. The van der Waals surface area contributed by atoms with Crippen LogP contribution in [-0.2, 0) is 19.9 Å². The number of nitrogens with zero attached hydrogens (tertiary/aromatic N) is 4. The molecule has 2 atom stereocenters. The lowest BCUT2D eigenvalue weighted by molar-refractivity contribution is 0.457. The van der Waals surface area contributed by atoms with Crippen molar-refractivity contribution in [3.63, 3.8) is 0 Å². The molecule has 2 unspecified atom stereocenters. The molecule has 5 nitrogen and oxygen atoms in total. The average Bonchev–Trinajstić information content (AvgIpc) is 2.97. The Bertz CT molecular complexity index is 532. The van der Waals surface area contributed by atoms with E-state index in [9.17, 15) is 0 Å². The van der Waals surface area contributed by atoms with Gasteiger partial charge in [0.15, 0.2) is 5.82 Å². The molecule has 0 radical (unpaired) electrons. The molecule has 96 valence electrons. The van der Waals surface area contributed by atoms with Crippen molar-refractivity contribution in [3.8, 4) is 0 Å². The largest absolute Gasteiger partial charge is 0.327 e. The Hall–Kier alpha value is -1.27. The third-order valence-corrected chi connectivity index (χ3v) is 4.58. The van der Waals surface area contributed by atoms with E-state index in [1.165, 1.54) is 34.5 Å². The summed E-state index contributed by atoms with van der Waals surface area (Å²) in [5, 5.41) is 14.3. The number of rotatable bonds is 3. The highest BCUT2D eigenvalue weighted by Crippen LogP contribution is 2.36. The molecule has 0 bridgehead atoms. The van der Waals surface area contributed by atoms with Gasteiger partial charge in [0.05, 0.1) is 7.05 Å². The number of nitrogens with two attached hydrogens (primary N) is 1. The van der Waals surface area contributed by atoms with Crippen molar-refractivity contribution in [1.82, 2.24) is 20.2 Å². The highest BCUT2D eigenvalue weighted by molar-refractivity contribution is 7.10. The minimum absolute atomic E-state index is 0.0860. The molecular weight excluding hydrogens is 246 g/mol. The number of hydrogen-bond acceptors (Lipinski definition) is 5. The van der Waals surface area contributed by atoms with Gasteiger partial charge in [0.25, 0.3) is 0 Å². The van der Waals surface area contributed by atoms with E-state index in [4.69, 9.17) is 5.73 Å².